The molecule has 2 bridgehead atoms. The Kier molecular flexibility index (Phi) is 4.97. The van der Waals surface area contributed by atoms with Gasteiger partial charge >= 0.3 is 0 Å². The lowest BCUT2D eigenvalue weighted by molar-refractivity contribution is 0.0715. The van der Waals surface area contributed by atoms with E-state index in [2.05, 4.69) is 26.7 Å². The van der Waals surface area contributed by atoms with Crippen LogP contribution in [0, 0.1) is 5.82 Å². The fraction of sp³-hybridized carbons (Fsp3) is 0.179. The molecule has 2 atom stereocenters. The highest BCUT2D eigenvalue weighted by Crippen LogP contribution is 2.32. The van der Waals surface area contributed by atoms with Gasteiger partial charge in [0.25, 0.3) is 5.91 Å². The van der Waals surface area contributed by atoms with E-state index < -0.39 is 5.82 Å². The molecule has 0 saturated carbocycles. The lowest BCUT2D eigenvalue weighted by Gasteiger charge is -2.27. The maximum Gasteiger partial charge on any atom is 0.254 e. The number of carbonyl (C=O) groups excluding carboxylic acids is 1. The number of fused-ring (bicyclic) bond motifs is 4. The number of thiazole rings is 1. The number of aromatic nitrogens is 2. The maximum absolute atomic E-state index is 15.2. The Balaban J connectivity index is 1.17. The molecule has 2 fully saturated rings. The van der Waals surface area contributed by atoms with Crippen molar-refractivity contribution in [3.8, 4) is 11.1 Å². The molecule has 8 heteroatoms. The van der Waals surface area contributed by atoms with Crippen LogP contribution in [0.5, 0.6) is 0 Å². The van der Waals surface area contributed by atoms with Gasteiger partial charge in [0.1, 0.15) is 5.82 Å². The number of benzene rings is 3. The Bertz CT molecular complexity index is 1650. The molecule has 2 aliphatic heterocycles. The summed E-state index contributed by atoms with van der Waals surface area (Å²) in [7, 11) is 0. The molecule has 2 saturated heterocycles. The van der Waals surface area contributed by atoms with Gasteiger partial charge in [0.15, 0.2) is 0 Å². The predicted octanol–water partition coefficient (Wildman–Crippen LogP) is 5.58. The quantitative estimate of drug-likeness (QED) is 0.341. The second-order valence-electron chi connectivity index (χ2n) is 9.40. The van der Waals surface area contributed by atoms with Crippen LogP contribution in [-0.2, 0) is 0 Å². The third kappa shape index (κ3) is 3.61. The summed E-state index contributed by atoms with van der Waals surface area (Å²) in [6.45, 7) is 1.51. The number of piperazine rings is 1. The number of halogens is 1. The van der Waals surface area contributed by atoms with Gasteiger partial charge in [-0.2, -0.15) is 0 Å². The van der Waals surface area contributed by atoms with Crippen LogP contribution in [-0.4, -0.2) is 45.9 Å². The SMILES string of the molecule is O=C(c1ccc(-c2ccc3c(Nc4ccc5scnc5c4)ccnc3c2)c(F)c1)N1C[C@@H]2C[C@H]1CN2. The van der Waals surface area contributed by atoms with Crippen molar-refractivity contribution in [2.75, 3.05) is 18.4 Å². The molecule has 178 valence electrons. The number of amides is 1. The Morgan fingerprint density at radius 1 is 1.06 bits per heavy atom. The molecule has 0 spiro atoms. The minimum atomic E-state index is -0.409. The highest BCUT2D eigenvalue weighted by molar-refractivity contribution is 7.16. The van der Waals surface area contributed by atoms with Gasteiger partial charge in [-0.15, -0.1) is 11.3 Å². The molecule has 7 rings (SSSR count). The van der Waals surface area contributed by atoms with Crippen molar-refractivity contribution in [3.63, 3.8) is 0 Å². The molecule has 6 nitrogen and oxygen atoms in total. The molecule has 5 aromatic rings. The summed E-state index contributed by atoms with van der Waals surface area (Å²) in [4.78, 5) is 23.7. The van der Waals surface area contributed by atoms with Crippen molar-refractivity contribution in [1.82, 2.24) is 20.2 Å². The normalized spacial score (nSPS) is 18.9. The molecule has 2 aromatic heterocycles. The summed E-state index contributed by atoms with van der Waals surface area (Å²) in [6.07, 6.45) is 2.72. The van der Waals surface area contributed by atoms with E-state index in [1.54, 1.807) is 29.7 Å². The van der Waals surface area contributed by atoms with E-state index in [0.29, 0.717) is 23.7 Å². The highest BCUT2D eigenvalue weighted by Gasteiger charge is 2.40. The van der Waals surface area contributed by atoms with Gasteiger partial charge in [-0.1, -0.05) is 18.2 Å². The molecule has 2 N–H and O–H groups in total. The summed E-state index contributed by atoms with van der Waals surface area (Å²) in [5, 5.41) is 7.79. The molecular weight excluding hydrogens is 473 g/mol. The summed E-state index contributed by atoms with van der Waals surface area (Å²) >= 11 is 1.61. The van der Waals surface area contributed by atoms with Gasteiger partial charge < -0.3 is 15.5 Å². The molecule has 0 radical (unpaired) electrons. The van der Waals surface area contributed by atoms with Crippen LogP contribution < -0.4 is 10.6 Å². The molecule has 1 amide bonds. The Morgan fingerprint density at radius 3 is 2.83 bits per heavy atom. The minimum Gasteiger partial charge on any atom is -0.355 e. The zero-order valence-electron chi connectivity index (χ0n) is 19.2. The van der Waals surface area contributed by atoms with Crippen molar-refractivity contribution in [1.29, 1.82) is 0 Å². The van der Waals surface area contributed by atoms with E-state index in [1.165, 1.54) is 6.07 Å². The van der Waals surface area contributed by atoms with Crippen molar-refractivity contribution in [3.05, 3.63) is 83.8 Å². The number of nitrogens with zero attached hydrogens (tertiary/aromatic N) is 3. The van der Waals surface area contributed by atoms with Crippen molar-refractivity contribution in [2.45, 2.75) is 18.5 Å². The number of carbonyl (C=O) groups is 1. The first kappa shape index (κ1) is 21.4. The average Bonchev–Trinajstić information content (AvgIpc) is 3.65. The van der Waals surface area contributed by atoms with Crippen LogP contribution in [0.4, 0.5) is 15.8 Å². The topological polar surface area (TPSA) is 70.2 Å². The zero-order chi connectivity index (χ0) is 24.2. The fourth-order valence-electron chi connectivity index (χ4n) is 5.37. The molecular formula is C28H22FN5OS. The van der Waals surface area contributed by atoms with Gasteiger partial charge in [0.2, 0.25) is 0 Å². The van der Waals surface area contributed by atoms with Gasteiger partial charge in [-0.25, -0.2) is 9.37 Å². The highest BCUT2D eigenvalue weighted by atomic mass is 32.1. The number of hydrogen-bond acceptors (Lipinski definition) is 6. The standard InChI is InChI=1S/C28H22FN5OS/c29-23-9-17(28(35)34-14-19-11-20(34)13-31-19)2-4-21(23)16-1-5-22-24(7-8-30-25(22)10-16)33-18-3-6-27-26(12-18)32-15-36-27/h1-10,12,15,19-20,31H,11,13-14H2,(H,30,33)/t19-,20-/m0/s1. The number of hydrogen-bond donors (Lipinski definition) is 2. The average molecular weight is 496 g/mol. The monoisotopic (exact) mass is 495 g/mol. The number of anilines is 2. The first-order chi connectivity index (χ1) is 17.6. The predicted molar refractivity (Wildman–Crippen MR) is 141 cm³/mol. The first-order valence-electron chi connectivity index (χ1n) is 12.0. The zero-order valence-corrected chi connectivity index (χ0v) is 20.1. The summed E-state index contributed by atoms with van der Waals surface area (Å²) in [6, 6.07) is 19.1. The third-order valence-electron chi connectivity index (χ3n) is 7.20. The van der Waals surface area contributed by atoms with Crippen LogP contribution in [0.1, 0.15) is 16.8 Å². The summed E-state index contributed by atoms with van der Waals surface area (Å²) in [5.41, 5.74) is 6.97. The van der Waals surface area contributed by atoms with Gasteiger partial charge in [-0.05, 0) is 54.4 Å². The molecule has 36 heavy (non-hydrogen) atoms. The second kappa shape index (κ2) is 8.36. The molecule has 3 aromatic carbocycles. The maximum atomic E-state index is 15.2. The number of nitrogens with one attached hydrogen (secondary N) is 2. The van der Waals surface area contributed by atoms with E-state index >= 15 is 4.39 Å². The van der Waals surface area contributed by atoms with Gasteiger partial charge in [0, 0.05) is 59.3 Å². The van der Waals surface area contributed by atoms with E-state index in [-0.39, 0.29) is 11.9 Å². The molecule has 0 aliphatic carbocycles. The van der Waals surface area contributed by atoms with E-state index in [0.717, 1.165) is 51.0 Å². The Labute approximate surface area is 210 Å². The number of rotatable bonds is 4. The van der Waals surface area contributed by atoms with Crippen molar-refractivity contribution < 1.29 is 9.18 Å². The molecule has 0 unspecified atom stereocenters. The Hall–Kier alpha value is -3.88. The lowest BCUT2D eigenvalue weighted by atomic mass is 10.0. The lowest BCUT2D eigenvalue weighted by Crippen LogP contribution is -2.46. The van der Waals surface area contributed by atoms with E-state index in [9.17, 15) is 4.79 Å². The van der Waals surface area contributed by atoms with E-state index in [4.69, 9.17) is 0 Å². The van der Waals surface area contributed by atoms with Crippen molar-refractivity contribution >= 4 is 49.7 Å². The summed E-state index contributed by atoms with van der Waals surface area (Å²) in [5.74, 6) is -0.505. The van der Waals surface area contributed by atoms with Gasteiger partial charge in [0.05, 0.1) is 21.2 Å². The summed E-state index contributed by atoms with van der Waals surface area (Å²) < 4.78 is 16.4. The molecule has 2 aliphatic rings. The first-order valence-corrected chi connectivity index (χ1v) is 12.8. The smallest absolute Gasteiger partial charge is 0.254 e. The van der Waals surface area contributed by atoms with Crippen LogP contribution in [0.3, 0.4) is 0 Å². The van der Waals surface area contributed by atoms with Crippen LogP contribution in [0.2, 0.25) is 0 Å². The Morgan fingerprint density at radius 2 is 2.00 bits per heavy atom. The van der Waals surface area contributed by atoms with Crippen LogP contribution in [0.25, 0.3) is 32.2 Å². The largest absolute Gasteiger partial charge is 0.355 e. The molecule has 4 heterocycles. The van der Waals surface area contributed by atoms with E-state index in [1.807, 2.05) is 46.8 Å². The van der Waals surface area contributed by atoms with Crippen molar-refractivity contribution in [2.24, 2.45) is 0 Å². The fourth-order valence-corrected chi connectivity index (χ4v) is 6.03. The second-order valence-corrected chi connectivity index (χ2v) is 10.3. The van der Waals surface area contributed by atoms with Gasteiger partial charge in [-0.3, -0.25) is 9.78 Å². The van der Waals surface area contributed by atoms with Crippen LogP contribution in [0.15, 0.2) is 72.4 Å². The number of likely N-dealkylation sites (tertiary alicyclic amines) is 1. The minimum absolute atomic E-state index is 0.0961. The number of pyridine rings is 1. The third-order valence-corrected chi connectivity index (χ3v) is 8.01. The van der Waals surface area contributed by atoms with Crippen LogP contribution >= 0.6 is 11.3 Å².